The summed E-state index contributed by atoms with van der Waals surface area (Å²) in [6.07, 6.45) is 0. The Balaban J connectivity index is 2.67. The SMILES string of the molecule is COc1ccc(NC(=O)N[C@H](CO)C(=O)O)cc1Br. The first kappa shape index (κ1) is 15.3. The van der Waals surface area contributed by atoms with Crippen molar-refractivity contribution in [1.29, 1.82) is 0 Å². The van der Waals surface area contributed by atoms with Gasteiger partial charge in [-0.3, -0.25) is 0 Å². The number of carbonyl (C=O) groups is 2. The molecule has 1 aromatic carbocycles. The first-order chi connectivity index (χ1) is 8.97. The van der Waals surface area contributed by atoms with Crippen LogP contribution < -0.4 is 15.4 Å². The van der Waals surface area contributed by atoms with Crippen molar-refractivity contribution in [1.82, 2.24) is 5.32 Å². The molecule has 0 aliphatic carbocycles. The van der Waals surface area contributed by atoms with Gasteiger partial charge in [0.15, 0.2) is 6.04 Å². The number of halogens is 1. The van der Waals surface area contributed by atoms with E-state index in [1.807, 2.05) is 0 Å². The lowest BCUT2D eigenvalue weighted by Crippen LogP contribution is -2.45. The molecule has 8 heteroatoms. The second-order valence-corrected chi connectivity index (χ2v) is 4.38. The monoisotopic (exact) mass is 332 g/mol. The molecule has 0 unspecified atom stereocenters. The van der Waals surface area contributed by atoms with Gasteiger partial charge in [0, 0.05) is 5.69 Å². The lowest BCUT2D eigenvalue weighted by Gasteiger charge is -2.13. The predicted molar refractivity (Wildman–Crippen MR) is 71.4 cm³/mol. The number of aliphatic carboxylic acids is 1. The van der Waals surface area contributed by atoms with Gasteiger partial charge in [0.1, 0.15) is 5.75 Å². The van der Waals surface area contributed by atoms with Crippen molar-refractivity contribution in [3.63, 3.8) is 0 Å². The van der Waals surface area contributed by atoms with Gasteiger partial charge in [0.25, 0.3) is 0 Å². The molecule has 0 bridgehead atoms. The molecule has 1 rings (SSSR count). The fraction of sp³-hybridized carbons (Fsp3) is 0.273. The van der Waals surface area contributed by atoms with Crippen LogP contribution >= 0.6 is 15.9 Å². The Morgan fingerprint density at radius 3 is 2.63 bits per heavy atom. The van der Waals surface area contributed by atoms with E-state index in [1.54, 1.807) is 18.2 Å². The maximum Gasteiger partial charge on any atom is 0.328 e. The number of hydrogen-bond donors (Lipinski definition) is 4. The zero-order chi connectivity index (χ0) is 14.4. The van der Waals surface area contributed by atoms with Crippen molar-refractivity contribution in [3.05, 3.63) is 22.7 Å². The minimum atomic E-state index is -1.35. The third-order valence-corrected chi connectivity index (χ3v) is 2.82. The summed E-state index contributed by atoms with van der Waals surface area (Å²) in [5, 5.41) is 22.0. The quantitative estimate of drug-likeness (QED) is 0.644. The van der Waals surface area contributed by atoms with Gasteiger partial charge in [-0.15, -0.1) is 0 Å². The van der Waals surface area contributed by atoms with Gasteiger partial charge in [0.2, 0.25) is 0 Å². The Labute approximate surface area is 117 Å². The molecule has 0 spiro atoms. The zero-order valence-corrected chi connectivity index (χ0v) is 11.6. The number of benzene rings is 1. The highest BCUT2D eigenvalue weighted by Crippen LogP contribution is 2.27. The van der Waals surface area contributed by atoms with Gasteiger partial charge in [0.05, 0.1) is 18.2 Å². The van der Waals surface area contributed by atoms with Crippen LogP contribution in [0.5, 0.6) is 5.75 Å². The number of aliphatic hydroxyl groups excluding tert-OH is 1. The maximum atomic E-state index is 11.5. The second kappa shape index (κ2) is 6.95. The Morgan fingerprint density at radius 2 is 2.16 bits per heavy atom. The van der Waals surface area contributed by atoms with Crippen LogP contribution in [0.4, 0.5) is 10.5 Å². The Hall–Kier alpha value is -1.80. The zero-order valence-electron chi connectivity index (χ0n) is 10.0. The standard InChI is InChI=1S/C11H13BrN2O5/c1-19-9-3-2-6(4-7(9)12)13-11(18)14-8(5-15)10(16)17/h2-4,8,15H,5H2,1H3,(H,16,17)(H2,13,14,18)/t8-/m1/s1. The van der Waals surface area contributed by atoms with Crippen LogP contribution in [-0.2, 0) is 4.79 Å². The minimum Gasteiger partial charge on any atom is -0.496 e. The normalized spacial score (nSPS) is 11.5. The molecular formula is C11H13BrN2O5. The van der Waals surface area contributed by atoms with Gasteiger partial charge < -0.3 is 25.6 Å². The van der Waals surface area contributed by atoms with E-state index in [4.69, 9.17) is 14.9 Å². The van der Waals surface area contributed by atoms with Crippen molar-refractivity contribution in [2.75, 3.05) is 19.0 Å². The van der Waals surface area contributed by atoms with Crippen LogP contribution in [0.15, 0.2) is 22.7 Å². The van der Waals surface area contributed by atoms with Crippen LogP contribution in [0, 0.1) is 0 Å². The summed E-state index contributed by atoms with van der Waals surface area (Å²) in [4.78, 5) is 22.1. The molecule has 7 nitrogen and oxygen atoms in total. The Bertz CT molecular complexity index is 480. The van der Waals surface area contributed by atoms with E-state index in [9.17, 15) is 9.59 Å². The highest BCUT2D eigenvalue weighted by Gasteiger charge is 2.18. The average Bonchev–Trinajstić information content (AvgIpc) is 2.35. The molecule has 0 radical (unpaired) electrons. The lowest BCUT2D eigenvalue weighted by molar-refractivity contribution is -0.140. The molecule has 4 N–H and O–H groups in total. The number of aliphatic hydroxyl groups is 1. The highest BCUT2D eigenvalue weighted by atomic mass is 79.9. The molecule has 104 valence electrons. The van der Waals surface area contributed by atoms with E-state index in [0.717, 1.165) is 0 Å². The number of carboxylic acid groups (broad SMARTS) is 1. The fourth-order valence-corrected chi connectivity index (χ4v) is 1.80. The molecular weight excluding hydrogens is 320 g/mol. The van der Waals surface area contributed by atoms with Gasteiger partial charge in [-0.25, -0.2) is 9.59 Å². The molecule has 2 amide bonds. The summed E-state index contributed by atoms with van der Waals surface area (Å²) >= 11 is 3.25. The minimum absolute atomic E-state index is 0.451. The lowest BCUT2D eigenvalue weighted by atomic mass is 10.3. The summed E-state index contributed by atoms with van der Waals surface area (Å²) in [6.45, 7) is -0.685. The van der Waals surface area contributed by atoms with E-state index in [0.29, 0.717) is 15.9 Å². The van der Waals surface area contributed by atoms with E-state index < -0.39 is 24.6 Å². The largest absolute Gasteiger partial charge is 0.496 e. The average molecular weight is 333 g/mol. The van der Waals surface area contributed by atoms with Crippen LogP contribution in [0.1, 0.15) is 0 Å². The molecule has 19 heavy (non-hydrogen) atoms. The summed E-state index contributed by atoms with van der Waals surface area (Å²) in [5.41, 5.74) is 0.451. The first-order valence-corrected chi connectivity index (χ1v) is 6.02. The van der Waals surface area contributed by atoms with Crippen LogP contribution in [-0.4, -0.2) is 42.0 Å². The number of carbonyl (C=O) groups excluding carboxylic acids is 1. The number of carboxylic acids is 1. The van der Waals surface area contributed by atoms with E-state index in [2.05, 4.69) is 26.6 Å². The molecule has 0 heterocycles. The summed E-state index contributed by atoms with van der Waals surface area (Å²) < 4.78 is 5.68. The molecule has 1 atom stereocenters. The van der Waals surface area contributed by atoms with Crippen LogP contribution in [0.3, 0.4) is 0 Å². The first-order valence-electron chi connectivity index (χ1n) is 5.22. The van der Waals surface area contributed by atoms with Crippen molar-refractivity contribution in [3.8, 4) is 5.75 Å². The molecule has 1 aromatic rings. The molecule has 0 fully saturated rings. The summed E-state index contributed by atoms with van der Waals surface area (Å²) in [6, 6.07) is 2.77. The number of hydrogen-bond acceptors (Lipinski definition) is 4. The third kappa shape index (κ3) is 4.42. The van der Waals surface area contributed by atoms with Crippen LogP contribution in [0.25, 0.3) is 0 Å². The molecule has 0 aromatic heterocycles. The second-order valence-electron chi connectivity index (χ2n) is 3.52. The van der Waals surface area contributed by atoms with Crippen LogP contribution in [0.2, 0.25) is 0 Å². The smallest absolute Gasteiger partial charge is 0.328 e. The highest BCUT2D eigenvalue weighted by molar-refractivity contribution is 9.10. The van der Waals surface area contributed by atoms with Crippen molar-refractivity contribution < 1.29 is 24.5 Å². The summed E-state index contributed by atoms with van der Waals surface area (Å²) in [5.74, 6) is -0.710. The van der Waals surface area contributed by atoms with Crippen molar-refractivity contribution in [2.24, 2.45) is 0 Å². The van der Waals surface area contributed by atoms with E-state index in [1.165, 1.54) is 7.11 Å². The van der Waals surface area contributed by atoms with Gasteiger partial charge in [-0.05, 0) is 34.1 Å². The Kier molecular flexibility index (Phi) is 5.58. The molecule has 0 saturated heterocycles. The molecule has 0 saturated carbocycles. The number of nitrogens with one attached hydrogen (secondary N) is 2. The van der Waals surface area contributed by atoms with Crippen molar-refractivity contribution >= 4 is 33.6 Å². The van der Waals surface area contributed by atoms with E-state index in [-0.39, 0.29) is 0 Å². The number of anilines is 1. The van der Waals surface area contributed by atoms with Gasteiger partial charge in [-0.2, -0.15) is 0 Å². The maximum absolute atomic E-state index is 11.5. The predicted octanol–water partition coefficient (Wildman–Crippen LogP) is 1.02. The molecule has 0 aliphatic heterocycles. The number of amides is 2. The number of urea groups is 1. The van der Waals surface area contributed by atoms with Gasteiger partial charge in [-0.1, -0.05) is 0 Å². The van der Waals surface area contributed by atoms with E-state index >= 15 is 0 Å². The van der Waals surface area contributed by atoms with Crippen molar-refractivity contribution in [2.45, 2.75) is 6.04 Å². The topological polar surface area (TPSA) is 108 Å². The fourth-order valence-electron chi connectivity index (χ4n) is 1.26. The van der Waals surface area contributed by atoms with Gasteiger partial charge >= 0.3 is 12.0 Å². The third-order valence-electron chi connectivity index (χ3n) is 2.20. The Morgan fingerprint density at radius 1 is 1.47 bits per heavy atom. The number of ether oxygens (including phenoxy) is 1. The molecule has 0 aliphatic rings. The number of methoxy groups -OCH3 is 1. The number of rotatable bonds is 5. The summed E-state index contributed by atoms with van der Waals surface area (Å²) in [7, 11) is 1.51.